The maximum atomic E-state index is 12.3. The number of hydrazone groups is 1. The number of esters is 1. The van der Waals surface area contributed by atoms with E-state index in [2.05, 4.69) is 10.4 Å². The zero-order valence-corrected chi connectivity index (χ0v) is 14.2. The third-order valence-electron chi connectivity index (χ3n) is 4.02. The second-order valence-corrected chi connectivity index (χ2v) is 5.86. The van der Waals surface area contributed by atoms with Crippen LogP contribution in [0.4, 0.5) is 10.5 Å². The number of para-hydroxylation sites is 1. The Bertz CT molecular complexity index is 777. The van der Waals surface area contributed by atoms with Crippen molar-refractivity contribution in [2.24, 2.45) is 5.10 Å². The highest BCUT2D eigenvalue weighted by Crippen LogP contribution is 2.20. The van der Waals surface area contributed by atoms with Crippen LogP contribution in [0, 0.1) is 0 Å². The Morgan fingerprint density at radius 3 is 2.58 bits per heavy atom. The van der Waals surface area contributed by atoms with Crippen molar-refractivity contribution in [2.45, 2.75) is 25.9 Å². The van der Waals surface area contributed by atoms with Gasteiger partial charge in [-0.05, 0) is 19.1 Å². The molecule has 4 amide bonds. The minimum atomic E-state index is -1.13. The summed E-state index contributed by atoms with van der Waals surface area (Å²) in [6, 6.07) is 8.22. The molecular formula is C17H18N4O5. The van der Waals surface area contributed by atoms with E-state index in [9.17, 15) is 19.2 Å². The highest BCUT2D eigenvalue weighted by molar-refractivity contribution is 6.38. The lowest BCUT2D eigenvalue weighted by Gasteiger charge is -2.24. The van der Waals surface area contributed by atoms with Gasteiger partial charge in [-0.25, -0.2) is 14.6 Å². The van der Waals surface area contributed by atoms with Crippen LogP contribution in [0.15, 0.2) is 35.4 Å². The molecule has 2 heterocycles. The number of carbonyl (C=O) groups excluding carboxylic acids is 4. The molecule has 9 heteroatoms. The molecule has 0 unspecified atom stereocenters. The number of amides is 4. The molecule has 0 saturated carbocycles. The minimum Gasteiger partial charge on any atom is -0.448 e. The molecule has 1 saturated heterocycles. The van der Waals surface area contributed by atoms with Crippen molar-refractivity contribution >= 4 is 35.2 Å². The van der Waals surface area contributed by atoms with E-state index in [-0.39, 0.29) is 31.0 Å². The number of imide groups is 1. The number of benzene rings is 1. The molecule has 1 aromatic carbocycles. The molecule has 1 aromatic rings. The van der Waals surface area contributed by atoms with Crippen LogP contribution in [0.1, 0.15) is 19.8 Å². The van der Waals surface area contributed by atoms with Crippen LogP contribution in [0.3, 0.4) is 0 Å². The number of urea groups is 1. The van der Waals surface area contributed by atoms with Gasteiger partial charge in [0.25, 0.3) is 5.91 Å². The molecule has 0 aliphatic carbocycles. The molecule has 26 heavy (non-hydrogen) atoms. The molecule has 9 nitrogen and oxygen atoms in total. The van der Waals surface area contributed by atoms with Gasteiger partial charge in [-0.3, -0.25) is 14.5 Å². The number of carbonyl (C=O) groups is 4. The van der Waals surface area contributed by atoms with E-state index in [1.165, 1.54) is 6.92 Å². The Kier molecular flexibility index (Phi) is 4.97. The summed E-state index contributed by atoms with van der Waals surface area (Å²) in [5.41, 5.74) is 0.597. The van der Waals surface area contributed by atoms with Gasteiger partial charge >= 0.3 is 12.0 Å². The predicted molar refractivity (Wildman–Crippen MR) is 91.3 cm³/mol. The molecule has 0 aromatic heterocycles. The van der Waals surface area contributed by atoms with Crippen LogP contribution in [0.25, 0.3) is 0 Å². The summed E-state index contributed by atoms with van der Waals surface area (Å²) < 4.78 is 5.15. The average molecular weight is 358 g/mol. The number of hydrogen-bond acceptors (Lipinski definition) is 6. The summed E-state index contributed by atoms with van der Waals surface area (Å²) in [6.45, 7) is 2.00. The molecule has 0 spiro atoms. The van der Waals surface area contributed by atoms with Gasteiger partial charge < -0.3 is 10.1 Å². The molecule has 2 aliphatic rings. The standard InChI is InChI=1S/C17H18N4O5/c1-11(15(23)20-10-9-18-17(20)25)26-16(24)13-7-8-14(22)21(19-13)12-5-3-2-4-6-12/h2-6,11H,7-10H2,1H3,(H,18,25)/t11-/m0/s1. The highest BCUT2D eigenvalue weighted by atomic mass is 16.5. The Morgan fingerprint density at radius 1 is 1.19 bits per heavy atom. The zero-order chi connectivity index (χ0) is 18.7. The lowest BCUT2D eigenvalue weighted by Crippen LogP contribution is -2.43. The van der Waals surface area contributed by atoms with Crippen molar-refractivity contribution in [3.8, 4) is 0 Å². The van der Waals surface area contributed by atoms with E-state index in [0.29, 0.717) is 12.2 Å². The number of nitrogens with one attached hydrogen (secondary N) is 1. The van der Waals surface area contributed by atoms with E-state index < -0.39 is 24.0 Å². The first-order chi connectivity index (χ1) is 12.5. The molecule has 0 radical (unpaired) electrons. The van der Waals surface area contributed by atoms with Crippen LogP contribution in [-0.2, 0) is 19.1 Å². The summed E-state index contributed by atoms with van der Waals surface area (Å²) in [7, 11) is 0. The number of hydrogen-bond donors (Lipinski definition) is 1. The monoisotopic (exact) mass is 358 g/mol. The zero-order valence-electron chi connectivity index (χ0n) is 14.2. The normalized spacial score (nSPS) is 18.3. The average Bonchev–Trinajstić information content (AvgIpc) is 3.08. The molecule has 1 N–H and O–H groups in total. The third kappa shape index (κ3) is 3.56. The SMILES string of the molecule is C[C@H](OC(=O)C1=NN(c2ccccc2)C(=O)CC1)C(=O)N1CCNC1=O. The van der Waals surface area contributed by atoms with Gasteiger partial charge in [0.05, 0.1) is 5.69 Å². The maximum Gasteiger partial charge on any atom is 0.355 e. The van der Waals surface area contributed by atoms with E-state index in [1.807, 2.05) is 0 Å². The van der Waals surface area contributed by atoms with Gasteiger partial charge in [0.2, 0.25) is 5.91 Å². The smallest absolute Gasteiger partial charge is 0.355 e. The van der Waals surface area contributed by atoms with Crippen LogP contribution >= 0.6 is 0 Å². The van der Waals surface area contributed by atoms with Crippen molar-refractivity contribution < 1.29 is 23.9 Å². The second-order valence-electron chi connectivity index (χ2n) is 5.86. The maximum absolute atomic E-state index is 12.3. The highest BCUT2D eigenvalue weighted by Gasteiger charge is 2.33. The van der Waals surface area contributed by atoms with Crippen LogP contribution in [-0.4, -0.2) is 53.6 Å². The first-order valence-corrected chi connectivity index (χ1v) is 8.23. The lowest BCUT2D eigenvalue weighted by atomic mass is 10.1. The minimum absolute atomic E-state index is 0.0546. The van der Waals surface area contributed by atoms with Crippen molar-refractivity contribution in [2.75, 3.05) is 18.1 Å². The van der Waals surface area contributed by atoms with Crippen molar-refractivity contribution in [1.82, 2.24) is 10.2 Å². The summed E-state index contributed by atoms with van der Waals surface area (Å²) in [4.78, 5) is 49.1. The fourth-order valence-corrected chi connectivity index (χ4v) is 2.65. The number of nitrogens with zero attached hydrogens (tertiary/aromatic N) is 3. The van der Waals surface area contributed by atoms with Crippen molar-refractivity contribution in [3.05, 3.63) is 30.3 Å². The molecule has 1 fully saturated rings. The van der Waals surface area contributed by atoms with Gasteiger partial charge in [0, 0.05) is 25.9 Å². The summed E-state index contributed by atoms with van der Waals surface area (Å²) in [6.07, 6.45) is -0.886. The molecule has 3 rings (SSSR count). The van der Waals surface area contributed by atoms with E-state index >= 15 is 0 Å². The van der Waals surface area contributed by atoms with Crippen LogP contribution in [0.2, 0.25) is 0 Å². The topological polar surface area (TPSA) is 108 Å². The molecular weight excluding hydrogens is 340 g/mol. The van der Waals surface area contributed by atoms with E-state index in [0.717, 1.165) is 9.91 Å². The third-order valence-corrected chi connectivity index (χ3v) is 4.02. The van der Waals surface area contributed by atoms with Crippen molar-refractivity contribution in [1.29, 1.82) is 0 Å². The number of anilines is 1. The second kappa shape index (κ2) is 7.34. The Hall–Kier alpha value is -3.23. The Balaban J connectivity index is 1.69. The largest absolute Gasteiger partial charge is 0.448 e. The van der Waals surface area contributed by atoms with Crippen LogP contribution < -0.4 is 10.3 Å². The summed E-state index contributed by atoms with van der Waals surface area (Å²) in [5, 5.41) is 7.74. The van der Waals surface area contributed by atoms with Gasteiger partial charge in [-0.15, -0.1) is 0 Å². The first-order valence-electron chi connectivity index (χ1n) is 8.23. The number of ether oxygens (including phenoxy) is 1. The van der Waals surface area contributed by atoms with Crippen molar-refractivity contribution in [3.63, 3.8) is 0 Å². The number of rotatable bonds is 4. The van der Waals surface area contributed by atoms with E-state index in [4.69, 9.17) is 4.74 Å². The Labute approximate surface area is 149 Å². The molecule has 2 aliphatic heterocycles. The molecule has 136 valence electrons. The summed E-state index contributed by atoms with van der Waals surface area (Å²) >= 11 is 0. The van der Waals surface area contributed by atoms with Gasteiger partial charge in [-0.2, -0.15) is 5.10 Å². The fraction of sp³-hybridized carbons (Fsp3) is 0.353. The summed E-state index contributed by atoms with van der Waals surface area (Å²) in [5.74, 6) is -1.61. The van der Waals surface area contributed by atoms with Crippen LogP contribution in [0.5, 0.6) is 0 Å². The predicted octanol–water partition coefficient (Wildman–Crippen LogP) is 0.653. The molecule has 1 atom stereocenters. The van der Waals surface area contributed by atoms with Gasteiger partial charge in [0.15, 0.2) is 6.10 Å². The Morgan fingerprint density at radius 2 is 1.92 bits per heavy atom. The van der Waals surface area contributed by atoms with E-state index in [1.54, 1.807) is 30.3 Å². The first kappa shape index (κ1) is 17.6. The fourth-order valence-electron chi connectivity index (χ4n) is 2.65. The lowest BCUT2D eigenvalue weighted by molar-refractivity contribution is -0.152. The van der Waals surface area contributed by atoms with Gasteiger partial charge in [0.1, 0.15) is 5.71 Å². The quantitative estimate of drug-likeness (QED) is 0.795. The van der Waals surface area contributed by atoms with Gasteiger partial charge in [-0.1, -0.05) is 18.2 Å². The molecule has 0 bridgehead atoms.